The Morgan fingerprint density at radius 3 is 2.22 bits per heavy atom. The van der Waals surface area contributed by atoms with E-state index in [1.807, 2.05) is 4.72 Å². The van der Waals surface area contributed by atoms with Crippen LogP contribution in [0.25, 0.3) is 5.69 Å². The van der Waals surface area contributed by atoms with Crippen LogP contribution < -0.4 is 4.72 Å². The third kappa shape index (κ3) is 3.96. The lowest BCUT2D eigenvalue weighted by Crippen LogP contribution is -2.31. The fraction of sp³-hybridized carbons (Fsp3) is 0.0588. The van der Waals surface area contributed by atoms with Gasteiger partial charge < -0.3 is 4.57 Å². The van der Waals surface area contributed by atoms with E-state index in [1.54, 1.807) is 35.8 Å². The fourth-order valence-corrected chi connectivity index (χ4v) is 4.77. The van der Waals surface area contributed by atoms with E-state index in [0.29, 0.717) is 16.5 Å². The summed E-state index contributed by atoms with van der Waals surface area (Å²) in [4.78, 5) is 16.2. The lowest BCUT2D eigenvalue weighted by Gasteiger charge is -2.09. The average molecular weight is 445 g/mol. The number of benzene rings is 2. The number of carbonyl (C=O) groups excluding carboxylic acids is 1. The van der Waals surface area contributed by atoms with Crippen molar-refractivity contribution in [1.29, 1.82) is 0 Å². The highest BCUT2D eigenvalue weighted by molar-refractivity contribution is 7.90. The van der Waals surface area contributed by atoms with Gasteiger partial charge in [0.25, 0.3) is 15.9 Å². The second kappa shape index (κ2) is 7.52. The van der Waals surface area contributed by atoms with Crippen LogP contribution in [-0.4, -0.2) is 23.9 Å². The summed E-state index contributed by atoms with van der Waals surface area (Å²) in [6.07, 6.45) is 1.40. The number of halogens is 3. The minimum Gasteiger partial charge on any atom is -0.302 e. The number of hydrogen-bond donors (Lipinski definition) is 1. The van der Waals surface area contributed by atoms with Crippen molar-refractivity contribution in [3.8, 4) is 5.69 Å². The quantitative estimate of drug-likeness (QED) is 0.652. The average Bonchev–Trinajstić information content (AvgIpc) is 2.96. The van der Waals surface area contributed by atoms with Crippen LogP contribution in [0.4, 0.5) is 0 Å². The Balaban J connectivity index is 1.94. The Morgan fingerprint density at radius 2 is 1.59 bits per heavy atom. The van der Waals surface area contributed by atoms with Gasteiger partial charge >= 0.3 is 0 Å². The Hall–Kier alpha value is -2.06. The van der Waals surface area contributed by atoms with Crippen molar-refractivity contribution in [2.24, 2.45) is 0 Å². The molecule has 2 aromatic carbocycles. The highest BCUT2D eigenvalue weighted by Gasteiger charge is 2.26. The van der Waals surface area contributed by atoms with Crippen LogP contribution in [0.1, 0.15) is 16.3 Å². The molecule has 0 saturated carbocycles. The van der Waals surface area contributed by atoms with Gasteiger partial charge in [-0.1, -0.05) is 53.0 Å². The summed E-state index contributed by atoms with van der Waals surface area (Å²) in [5.74, 6) is -0.457. The lowest BCUT2D eigenvalue weighted by atomic mass is 10.3. The zero-order chi connectivity index (χ0) is 19.8. The maximum absolute atomic E-state index is 12.5. The maximum atomic E-state index is 12.5. The highest BCUT2D eigenvalue weighted by atomic mass is 35.5. The number of sulfonamides is 1. The molecule has 0 aliphatic heterocycles. The van der Waals surface area contributed by atoms with E-state index in [4.69, 9.17) is 34.8 Å². The third-order valence-corrected chi connectivity index (χ3v) is 6.25. The first-order valence-electron chi connectivity index (χ1n) is 7.53. The molecule has 0 atom stereocenters. The molecule has 0 bridgehead atoms. The van der Waals surface area contributed by atoms with Gasteiger partial charge in [0.05, 0.1) is 20.8 Å². The summed E-state index contributed by atoms with van der Waals surface area (Å²) >= 11 is 18.0. The molecule has 10 heteroatoms. The van der Waals surface area contributed by atoms with Gasteiger partial charge in [-0.25, -0.2) is 18.1 Å². The van der Waals surface area contributed by atoms with Gasteiger partial charge in [0, 0.05) is 6.20 Å². The predicted molar refractivity (Wildman–Crippen MR) is 104 cm³/mol. The van der Waals surface area contributed by atoms with Crippen LogP contribution in [0.3, 0.4) is 0 Å². The summed E-state index contributed by atoms with van der Waals surface area (Å²) in [7, 11) is -4.28. The SMILES string of the molecule is Cc1nc(C(=O)NS(=O)(=O)c2c(Cl)cccc2Cl)cn1-c1ccccc1Cl. The van der Waals surface area contributed by atoms with Gasteiger partial charge in [0.2, 0.25) is 0 Å². The van der Waals surface area contributed by atoms with Crippen LogP contribution in [0.15, 0.2) is 53.6 Å². The minimum absolute atomic E-state index is 0.0967. The smallest absolute Gasteiger partial charge is 0.285 e. The zero-order valence-corrected chi connectivity index (χ0v) is 16.9. The monoisotopic (exact) mass is 443 g/mol. The second-order valence-corrected chi connectivity index (χ2v) is 8.32. The maximum Gasteiger partial charge on any atom is 0.285 e. The van der Waals surface area contributed by atoms with Crippen molar-refractivity contribution in [2.75, 3.05) is 0 Å². The normalized spacial score (nSPS) is 11.4. The van der Waals surface area contributed by atoms with E-state index >= 15 is 0 Å². The molecule has 1 amide bonds. The van der Waals surface area contributed by atoms with Crippen molar-refractivity contribution >= 4 is 50.7 Å². The second-order valence-electron chi connectivity index (χ2n) is 5.48. The molecule has 0 aliphatic carbocycles. The molecule has 3 aromatic rings. The minimum atomic E-state index is -4.28. The van der Waals surface area contributed by atoms with Crippen LogP contribution >= 0.6 is 34.8 Å². The Labute approximate surface area is 170 Å². The molecular weight excluding hydrogens is 433 g/mol. The molecule has 140 valence electrons. The Kier molecular flexibility index (Phi) is 5.48. The van der Waals surface area contributed by atoms with Crippen molar-refractivity contribution < 1.29 is 13.2 Å². The molecule has 1 N–H and O–H groups in total. The molecule has 3 rings (SSSR count). The molecule has 0 aliphatic rings. The molecule has 0 fully saturated rings. The number of hydrogen-bond acceptors (Lipinski definition) is 4. The number of nitrogens with zero attached hydrogens (tertiary/aromatic N) is 2. The zero-order valence-electron chi connectivity index (χ0n) is 13.8. The van der Waals surface area contributed by atoms with Crippen molar-refractivity contribution in [3.05, 3.63) is 75.2 Å². The van der Waals surface area contributed by atoms with Gasteiger partial charge in [0.15, 0.2) is 0 Å². The summed E-state index contributed by atoms with van der Waals surface area (Å²) in [5.41, 5.74) is 0.513. The molecule has 27 heavy (non-hydrogen) atoms. The van der Waals surface area contributed by atoms with Crippen molar-refractivity contribution in [3.63, 3.8) is 0 Å². The van der Waals surface area contributed by atoms with E-state index in [-0.39, 0.29) is 20.6 Å². The summed E-state index contributed by atoms with van der Waals surface area (Å²) < 4.78 is 28.6. The highest BCUT2D eigenvalue weighted by Crippen LogP contribution is 2.29. The standard InChI is InChI=1S/C17H12Cl3N3O3S/c1-10-21-14(9-23(10)15-8-3-2-5-11(15)18)17(24)22-27(25,26)16-12(19)6-4-7-13(16)20/h2-9H,1H3,(H,22,24). The van der Waals surface area contributed by atoms with Crippen LogP contribution in [0.2, 0.25) is 15.1 Å². The van der Waals surface area contributed by atoms with Crippen molar-refractivity contribution in [2.45, 2.75) is 11.8 Å². The predicted octanol–water partition coefficient (Wildman–Crippen LogP) is 4.26. The van der Waals surface area contributed by atoms with Gasteiger partial charge in [-0.15, -0.1) is 0 Å². The van der Waals surface area contributed by atoms with E-state index in [0.717, 1.165) is 0 Å². The third-order valence-electron chi connectivity index (χ3n) is 3.64. The number of para-hydroxylation sites is 1. The summed E-state index contributed by atoms with van der Waals surface area (Å²) in [6, 6.07) is 11.2. The summed E-state index contributed by atoms with van der Waals surface area (Å²) in [6.45, 7) is 1.67. The first-order chi connectivity index (χ1) is 12.7. The topological polar surface area (TPSA) is 81.1 Å². The first-order valence-corrected chi connectivity index (χ1v) is 10.1. The number of aromatic nitrogens is 2. The number of rotatable bonds is 4. The van der Waals surface area contributed by atoms with Crippen LogP contribution in [0, 0.1) is 6.92 Å². The van der Waals surface area contributed by atoms with Gasteiger partial charge in [0.1, 0.15) is 16.4 Å². The first kappa shape index (κ1) is 19.7. The largest absolute Gasteiger partial charge is 0.302 e. The molecule has 0 radical (unpaired) electrons. The Bertz CT molecular complexity index is 1120. The molecular formula is C17H12Cl3N3O3S. The number of amides is 1. The van der Waals surface area contributed by atoms with E-state index in [1.165, 1.54) is 24.4 Å². The number of imidazole rings is 1. The van der Waals surface area contributed by atoms with Gasteiger partial charge in [-0.3, -0.25) is 4.79 Å². The number of aryl methyl sites for hydroxylation is 1. The van der Waals surface area contributed by atoms with Crippen molar-refractivity contribution in [1.82, 2.24) is 14.3 Å². The lowest BCUT2D eigenvalue weighted by molar-refractivity contribution is 0.0977. The molecule has 0 spiro atoms. The molecule has 1 heterocycles. The number of nitrogens with one attached hydrogen (secondary N) is 1. The van der Waals surface area contributed by atoms with E-state index < -0.39 is 15.9 Å². The number of carbonyl (C=O) groups is 1. The van der Waals surface area contributed by atoms with Crippen LogP contribution in [-0.2, 0) is 10.0 Å². The molecule has 0 saturated heterocycles. The van der Waals surface area contributed by atoms with Crippen LogP contribution in [0.5, 0.6) is 0 Å². The molecule has 1 aromatic heterocycles. The Morgan fingerprint density at radius 1 is 1.00 bits per heavy atom. The summed E-state index contributed by atoms with van der Waals surface area (Å²) in [5, 5.41) is 0.265. The van der Waals surface area contributed by atoms with Gasteiger partial charge in [-0.05, 0) is 31.2 Å². The molecule has 0 unspecified atom stereocenters. The molecule has 6 nitrogen and oxygen atoms in total. The fourth-order valence-electron chi connectivity index (χ4n) is 2.44. The van der Waals surface area contributed by atoms with E-state index in [9.17, 15) is 13.2 Å². The van der Waals surface area contributed by atoms with E-state index in [2.05, 4.69) is 4.98 Å². The van der Waals surface area contributed by atoms with Gasteiger partial charge in [-0.2, -0.15) is 0 Å².